The number of nitrogens with zero attached hydrogens (tertiary/aromatic N) is 4. The lowest BCUT2D eigenvalue weighted by Crippen LogP contribution is -2.29. The van der Waals surface area contributed by atoms with E-state index in [2.05, 4.69) is 9.88 Å². The highest BCUT2D eigenvalue weighted by molar-refractivity contribution is 5.89. The van der Waals surface area contributed by atoms with Crippen LogP contribution in [0.2, 0.25) is 0 Å². The fourth-order valence-electron chi connectivity index (χ4n) is 5.02. The molecule has 0 aliphatic rings. The molecule has 2 aromatic carbocycles. The van der Waals surface area contributed by atoms with Crippen molar-refractivity contribution in [3.63, 3.8) is 0 Å². The van der Waals surface area contributed by atoms with E-state index >= 15 is 0 Å². The molecule has 3 aromatic heterocycles. The number of esters is 1. The summed E-state index contributed by atoms with van der Waals surface area (Å²) in [6, 6.07) is 21.8. The SMILES string of the molecule is CCOC(=O)c1cn(Cc2ccccc2F)c2cc(-c3ccc(OC)cc3)c(CN(C)CCc3ccccn3)n2c1=O. The van der Waals surface area contributed by atoms with Crippen molar-refractivity contribution in [2.24, 2.45) is 0 Å². The summed E-state index contributed by atoms with van der Waals surface area (Å²) in [7, 11) is 3.59. The van der Waals surface area contributed by atoms with Crippen LogP contribution in [0, 0.1) is 5.82 Å². The highest BCUT2D eigenvalue weighted by atomic mass is 19.1. The Morgan fingerprint density at radius 1 is 1.05 bits per heavy atom. The molecule has 9 heteroatoms. The molecule has 0 spiro atoms. The third-order valence-corrected chi connectivity index (χ3v) is 7.19. The van der Waals surface area contributed by atoms with Crippen molar-refractivity contribution >= 4 is 11.6 Å². The number of ether oxygens (including phenoxy) is 2. The van der Waals surface area contributed by atoms with Crippen LogP contribution in [0.15, 0.2) is 90.0 Å². The molecule has 5 rings (SSSR count). The third kappa shape index (κ3) is 6.11. The zero-order chi connectivity index (χ0) is 29.6. The average molecular weight is 569 g/mol. The smallest absolute Gasteiger partial charge is 0.345 e. The van der Waals surface area contributed by atoms with Crippen molar-refractivity contribution in [3.8, 4) is 16.9 Å². The lowest BCUT2D eigenvalue weighted by Gasteiger charge is -2.19. The van der Waals surface area contributed by atoms with E-state index in [1.165, 1.54) is 12.3 Å². The Morgan fingerprint density at radius 3 is 2.50 bits per heavy atom. The van der Waals surface area contributed by atoms with Crippen LogP contribution >= 0.6 is 0 Å². The minimum absolute atomic E-state index is 0.115. The lowest BCUT2D eigenvalue weighted by molar-refractivity contribution is 0.0523. The van der Waals surface area contributed by atoms with Gasteiger partial charge in [-0.2, -0.15) is 0 Å². The van der Waals surface area contributed by atoms with Crippen LogP contribution in [-0.2, 0) is 24.2 Å². The third-order valence-electron chi connectivity index (χ3n) is 7.19. The van der Waals surface area contributed by atoms with Gasteiger partial charge < -0.3 is 18.9 Å². The molecule has 0 atom stereocenters. The molecule has 0 fully saturated rings. The molecule has 0 amide bonds. The van der Waals surface area contributed by atoms with Crippen molar-refractivity contribution < 1.29 is 18.7 Å². The first kappa shape index (κ1) is 28.8. The first-order chi connectivity index (χ1) is 20.4. The molecule has 8 nitrogen and oxygen atoms in total. The van der Waals surface area contributed by atoms with Gasteiger partial charge in [-0.1, -0.05) is 36.4 Å². The maximum atomic E-state index is 14.8. The van der Waals surface area contributed by atoms with Crippen molar-refractivity contribution in [1.29, 1.82) is 0 Å². The molecule has 3 heterocycles. The van der Waals surface area contributed by atoms with Crippen molar-refractivity contribution in [2.45, 2.75) is 26.4 Å². The van der Waals surface area contributed by atoms with Gasteiger partial charge in [0.05, 0.1) is 20.3 Å². The van der Waals surface area contributed by atoms with Crippen LogP contribution < -0.4 is 10.3 Å². The zero-order valence-electron chi connectivity index (χ0n) is 23.9. The number of fused-ring (bicyclic) bond motifs is 1. The standard InChI is InChI=1S/C33H33FN4O4/c1-4-42-33(40)28-21-37(20-24-9-5-6-11-29(24)34)31-19-27(23-12-14-26(41-3)15-13-23)30(38(31)32(28)39)22-36(2)18-16-25-10-7-8-17-35-25/h5-15,17,19,21H,4,16,18,20,22H2,1-3H3. The Labute approximate surface area is 243 Å². The van der Waals surface area contributed by atoms with E-state index in [9.17, 15) is 14.0 Å². The van der Waals surface area contributed by atoms with Crippen LogP contribution in [0.5, 0.6) is 5.75 Å². The largest absolute Gasteiger partial charge is 0.497 e. The van der Waals surface area contributed by atoms with Gasteiger partial charge in [-0.15, -0.1) is 0 Å². The predicted octanol–water partition coefficient (Wildman–Crippen LogP) is 5.21. The summed E-state index contributed by atoms with van der Waals surface area (Å²) in [6.07, 6.45) is 3.96. The number of halogens is 1. The highest BCUT2D eigenvalue weighted by Crippen LogP contribution is 2.30. The number of pyridine rings is 1. The first-order valence-electron chi connectivity index (χ1n) is 13.8. The number of hydrogen-bond donors (Lipinski definition) is 0. The van der Waals surface area contributed by atoms with Gasteiger partial charge in [0.2, 0.25) is 0 Å². The van der Waals surface area contributed by atoms with E-state index in [1.54, 1.807) is 47.4 Å². The van der Waals surface area contributed by atoms with E-state index < -0.39 is 11.5 Å². The fourth-order valence-corrected chi connectivity index (χ4v) is 5.02. The van der Waals surface area contributed by atoms with Gasteiger partial charge in [0, 0.05) is 54.4 Å². The zero-order valence-corrected chi connectivity index (χ0v) is 23.9. The van der Waals surface area contributed by atoms with Crippen LogP contribution in [-0.4, -0.2) is 52.1 Å². The molecule has 0 bridgehead atoms. The summed E-state index contributed by atoms with van der Waals surface area (Å²) in [6.45, 7) is 3.02. The molecule has 0 unspecified atom stereocenters. The average Bonchev–Trinajstić information content (AvgIpc) is 3.38. The second-order valence-electron chi connectivity index (χ2n) is 10.0. The predicted molar refractivity (Wildman–Crippen MR) is 159 cm³/mol. The van der Waals surface area contributed by atoms with Gasteiger partial charge in [-0.3, -0.25) is 14.2 Å². The van der Waals surface area contributed by atoms with Crippen LogP contribution in [0.1, 0.15) is 34.2 Å². The molecule has 0 aliphatic heterocycles. The minimum Gasteiger partial charge on any atom is -0.497 e. The molecule has 0 aliphatic carbocycles. The Morgan fingerprint density at radius 2 is 1.81 bits per heavy atom. The number of aromatic nitrogens is 3. The number of methoxy groups -OCH3 is 1. The Hall–Kier alpha value is -4.76. The van der Waals surface area contributed by atoms with Gasteiger partial charge >= 0.3 is 5.97 Å². The first-order valence-corrected chi connectivity index (χ1v) is 13.8. The maximum absolute atomic E-state index is 14.8. The lowest BCUT2D eigenvalue weighted by atomic mass is 10.1. The van der Waals surface area contributed by atoms with E-state index in [1.807, 2.05) is 55.6 Å². The Bertz CT molecular complexity index is 1750. The molecule has 0 saturated heterocycles. The second-order valence-corrected chi connectivity index (χ2v) is 10.0. The van der Waals surface area contributed by atoms with E-state index in [-0.39, 0.29) is 24.5 Å². The van der Waals surface area contributed by atoms with E-state index in [4.69, 9.17) is 9.47 Å². The topological polar surface area (TPSA) is 78.1 Å². The van der Waals surface area contributed by atoms with E-state index in [0.29, 0.717) is 35.7 Å². The summed E-state index contributed by atoms with van der Waals surface area (Å²) in [5, 5.41) is 0. The summed E-state index contributed by atoms with van der Waals surface area (Å²) in [4.78, 5) is 33.5. The number of carbonyl (C=O) groups excluding carboxylic acids is 1. The quantitative estimate of drug-likeness (QED) is 0.204. The number of carbonyl (C=O) groups is 1. The van der Waals surface area contributed by atoms with Gasteiger partial charge in [0.1, 0.15) is 22.8 Å². The van der Waals surface area contributed by atoms with E-state index in [0.717, 1.165) is 23.2 Å². The Kier molecular flexibility index (Phi) is 8.78. The van der Waals surface area contributed by atoms with Crippen LogP contribution in [0.4, 0.5) is 4.39 Å². The van der Waals surface area contributed by atoms with Crippen LogP contribution in [0.25, 0.3) is 16.8 Å². The molecule has 42 heavy (non-hydrogen) atoms. The number of rotatable bonds is 11. The number of hydrogen-bond acceptors (Lipinski definition) is 6. The monoisotopic (exact) mass is 568 g/mol. The molecular weight excluding hydrogens is 535 g/mol. The summed E-state index contributed by atoms with van der Waals surface area (Å²) >= 11 is 0. The number of benzene rings is 2. The molecule has 5 aromatic rings. The van der Waals surface area contributed by atoms with Crippen molar-refractivity contribution in [1.82, 2.24) is 18.9 Å². The molecule has 0 saturated carbocycles. The van der Waals surface area contributed by atoms with Gasteiger partial charge in [-0.25, -0.2) is 9.18 Å². The van der Waals surface area contributed by atoms with Crippen molar-refractivity contribution in [3.05, 3.63) is 124 Å². The normalized spacial score (nSPS) is 11.3. The molecule has 0 radical (unpaired) electrons. The summed E-state index contributed by atoms with van der Waals surface area (Å²) in [5.41, 5.74) is 3.74. The minimum atomic E-state index is -0.721. The molecule has 0 N–H and O–H groups in total. The van der Waals surface area contributed by atoms with Crippen molar-refractivity contribution in [2.75, 3.05) is 27.3 Å². The van der Waals surface area contributed by atoms with Crippen LogP contribution in [0.3, 0.4) is 0 Å². The highest BCUT2D eigenvalue weighted by Gasteiger charge is 2.23. The maximum Gasteiger partial charge on any atom is 0.345 e. The summed E-state index contributed by atoms with van der Waals surface area (Å²) < 4.78 is 28.6. The molecular formula is C33H33FN4O4. The van der Waals surface area contributed by atoms with Gasteiger partial charge in [0.15, 0.2) is 0 Å². The summed E-state index contributed by atoms with van der Waals surface area (Å²) in [5.74, 6) is -0.385. The second kappa shape index (κ2) is 12.8. The van der Waals surface area contributed by atoms with Gasteiger partial charge in [0.25, 0.3) is 5.56 Å². The number of likely N-dealkylation sites (N-methyl/N-ethyl adjacent to an activating group) is 1. The van der Waals surface area contributed by atoms with Gasteiger partial charge in [-0.05, 0) is 55.9 Å². The Balaban J connectivity index is 1.67. The fraction of sp³-hybridized carbons (Fsp3) is 0.242. The molecule has 216 valence electrons.